The van der Waals surface area contributed by atoms with Crippen LogP contribution in [-0.2, 0) is 0 Å². The van der Waals surface area contributed by atoms with Crippen LogP contribution in [0.2, 0.25) is 10.3 Å². The number of carbonyl (C=O) groups excluding carboxylic acids is 1. The smallest absolute Gasteiger partial charge is 0.252 e. The van der Waals surface area contributed by atoms with E-state index in [9.17, 15) is 9.90 Å². The monoisotopic (exact) mass is 276 g/mol. The Balaban J connectivity index is 2.91. The molecule has 0 aliphatic carbocycles. The SMILES string of the molecule is CC(O)C(C)(C)NC(=O)c1cc(Cl)nc(Cl)c1. The van der Waals surface area contributed by atoms with Crippen molar-refractivity contribution < 1.29 is 9.90 Å². The topological polar surface area (TPSA) is 62.2 Å². The van der Waals surface area contributed by atoms with Crippen molar-refractivity contribution in [2.75, 3.05) is 0 Å². The molecular weight excluding hydrogens is 263 g/mol. The van der Waals surface area contributed by atoms with Crippen LogP contribution in [0.5, 0.6) is 0 Å². The van der Waals surface area contributed by atoms with E-state index < -0.39 is 11.6 Å². The van der Waals surface area contributed by atoms with Crippen molar-refractivity contribution in [2.45, 2.75) is 32.4 Å². The summed E-state index contributed by atoms with van der Waals surface area (Å²) in [5, 5.41) is 12.5. The lowest BCUT2D eigenvalue weighted by molar-refractivity contribution is 0.0709. The van der Waals surface area contributed by atoms with Crippen LogP contribution in [0, 0.1) is 0 Å². The first kappa shape index (κ1) is 14.2. The second-order valence-corrected chi connectivity index (χ2v) is 5.13. The second kappa shape index (κ2) is 5.21. The summed E-state index contributed by atoms with van der Waals surface area (Å²) >= 11 is 11.4. The van der Waals surface area contributed by atoms with Crippen molar-refractivity contribution in [2.24, 2.45) is 0 Å². The van der Waals surface area contributed by atoms with Gasteiger partial charge in [0.2, 0.25) is 0 Å². The summed E-state index contributed by atoms with van der Waals surface area (Å²) in [4.78, 5) is 15.7. The van der Waals surface area contributed by atoms with Gasteiger partial charge < -0.3 is 10.4 Å². The van der Waals surface area contributed by atoms with E-state index in [2.05, 4.69) is 10.3 Å². The fourth-order valence-electron chi connectivity index (χ4n) is 1.07. The van der Waals surface area contributed by atoms with Crippen molar-refractivity contribution in [3.05, 3.63) is 28.0 Å². The third-order valence-electron chi connectivity index (χ3n) is 2.51. The van der Waals surface area contributed by atoms with E-state index in [1.165, 1.54) is 12.1 Å². The number of nitrogens with one attached hydrogen (secondary N) is 1. The Morgan fingerprint density at radius 2 is 1.88 bits per heavy atom. The molecule has 0 aliphatic heterocycles. The molecule has 0 spiro atoms. The molecule has 1 heterocycles. The number of aromatic nitrogens is 1. The molecule has 94 valence electrons. The van der Waals surface area contributed by atoms with E-state index in [1.807, 2.05) is 0 Å². The fourth-order valence-corrected chi connectivity index (χ4v) is 1.53. The van der Waals surface area contributed by atoms with Gasteiger partial charge in [-0.3, -0.25) is 4.79 Å². The van der Waals surface area contributed by atoms with E-state index in [1.54, 1.807) is 20.8 Å². The third-order valence-corrected chi connectivity index (χ3v) is 2.89. The highest BCUT2D eigenvalue weighted by Crippen LogP contribution is 2.16. The Kier molecular flexibility index (Phi) is 4.36. The third kappa shape index (κ3) is 3.84. The molecule has 1 amide bonds. The van der Waals surface area contributed by atoms with Crippen LogP contribution < -0.4 is 5.32 Å². The summed E-state index contributed by atoms with van der Waals surface area (Å²) in [5.41, 5.74) is -0.428. The molecule has 1 atom stereocenters. The lowest BCUT2D eigenvalue weighted by atomic mass is 9.98. The van der Waals surface area contributed by atoms with Gasteiger partial charge in [-0.05, 0) is 32.9 Å². The van der Waals surface area contributed by atoms with Gasteiger partial charge in [0.25, 0.3) is 5.91 Å². The first-order chi connectivity index (χ1) is 7.72. The Morgan fingerprint density at radius 3 is 2.29 bits per heavy atom. The molecule has 1 unspecified atom stereocenters. The molecule has 0 bridgehead atoms. The van der Waals surface area contributed by atoms with Gasteiger partial charge in [-0.1, -0.05) is 23.2 Å². The summed E-state index contributed by atoms with van der Waals surface area (Å²) in [7, 11) is 0. The van der Waals surface area contributed by atoms with E-state index >= 15 is 0 Å². The maximum atomic E-state index is 11.9. The molecule has 17 heavy (non-hydrogen) atoms. The number of hydrogen-bond donors (Lipinski definition) is 2. The van der Waals surface area contributed by atoms with Gasteiger partial charge in [0.1, 0.15) is 10.3 Å². The maximum Gasteiger partial charge on any atom is 0.252 e. The number of pyridine rings is 1. The van der Waals surface area contributed by atoms with Gasteiger partial charge in [-0.2, -0.15) is 0 Å². The predicted octanol–water partition coefficient (Wildman–Crippen LogP) is 2.28. The van der Waals surface area contributed by atoms with Crippen molar-refractivity contribution in [3.63, 3.8) is 0 Å². The largest absolute Gasteiger partial charge is 0.391 e. The molecule has 0 saturated heterocycles. The number of amides is 1. The van der Waals surface area contributed by atoms with Crippen LogP contribution >= 0.6 is 23.2 Å². The Bertz CT molecular complexity index is 413. The molecule has 1 aromatic rings. The van der Waals surface area contributed by atoms with E-state index in [0.717, 1.165) is 0 Å². The van der Waals surface area contributed by atoms with Crippen LogP contribution in [-0.4, -0.2) is 27.6 Å². The molecule has 0 fully saturated rings. The van der Waals surface area contributed by atoms with E-state index in [4.69, 9.17) is 23.2 Å². The lowest BCUT2D eigenvalue weighted by Crippen LogP contribution is -2.51. The van der Waals surface area contributed by atoms with Gasteiger partial charge in [-0.15, -0.1) is 0 Å². The number of aliphatic hydroxyl groups excluding tert-OH is 1. The first-order valence-corrected chi connectivity index (χ1v) is 5.81. The molecular formula is C11H14Cl2N2O2. The normalized spacial score (nSPS) is 13.3. The Morgan fingerprint density at radius 1 is 1.41 bits per heavy atom. The predicted molar refractivity (Wildman–Crippen MR) is 67.5 cm³/mol. The van der Waals surface area contributed by atoms with Crippen molar-refractivity contribution in [1.29, 1.82) is 0 Å². The minimum absolute atomic E-state index is 0.150. The highest BCUT2D eigenvalue weighted by molar-refractivity contribution is 6.33. The van der Waals surface area contributed by atoms with Crippen LogP contribution in [0.25, 0.3) is 0 Å². The molecule has 1 aromatic heterocycles. The van der Waals surface area contributed by atoms with Crippen molar-refractivity contribution in [1.82, 2.24) is 10.3 Å². The molecule has 4 nitrogen and oxygen atoms in total. The number of carbonyl (C=O) groups is 1. The van der Waals surface area contributed by atoms with Gasteiger partial charge in [-0.25, -0.2) is 4.98 Å². The fraction of sp³-hybridized carbons (Fsp3) is 0.455. The number of rotatable bonds is 3. The lowest BCUT2D eigenvalue weighted by Gasteiger charge is -2.29. The Hall–Kier alpha value is -0.840. The standard InChI is InChI=1S/C11H14Cl2N2O2/c1-6(16)11(2,3)15-10(17)7-4-8(12)14-9(13)5-7/h4-6,16H,1-3H3,(H,15,17). The summed E-state index contributed by atoms with van der Waals surface area (Å²) in [6, 6.07) is 2.84. The molecule has 0 radical (unpaired) electrons. The second-order valence-electron chi connectivity index (χ2n) is 4.35. The summed E-state index contributed by atoms with van der Waals surface area (Å²) in [6.45, 7) is 5.05. The van der Waals surface area contributed by atoms with Crippen LogP contribution in [0.4, 0.5) is 0 Å². The van der Waals surface area contributed by atoms with Gasteiger partial charge in [0, 0.05) is 5.56 Å². The van der Waals surface area contributed by atoms with Crippen LogP contribution in [0.1, 0.15) is 31.1 Å². The number of hydrogen-bond acceptors (Lipinski definition) is 3. The van der Waals surface area contributed by atoms with Gasteiger partial charge in [0.15, 0.2) is 0 Å². The first-order valence-electron chi connectivity index (χ1n) is 5.06. The average Bonchev–Trinajstić information content (AvgIpc) is 2.15. The van der Waals surface area contributed by atoms with Gasteiger partial charge in [0.05, 0.1) is 11.6 Å². The summed E-state index contributed by atoms with van der Waals surface area (Å²) in [5.74, 6) is -0.359. The summed E-state index contributed by atoms with van der Waals surface area (Å²) in [6.07, 6.45) is -0.681. The minimum Gasteiger partial charge on any atom is -0.391 e. The molecule has 2 N–H and O–H groups in total. The zero-order valence-corrected chi connectivity index (χ0v) is 11.3. The maximum absolute atomic E-state index is 11.9. The van der Waals surface area contributed by atoms with Crippen molar-refractivity contribution >= 4 is 29.1 Å². The number of aliphatic hydroxyl groups is 1. The average molecular weight is 277 g/mol. The van der Waals surface area contributed by atoms with Crippen molar-refractivity contribution in [3.8, 4) is 0 Å². The highest BCUT2D eigenvalue weighted by atomic mass is 35.5. The number of nitrogens with zero attached hydrogens (tertiary/aromatic N) is 1. The van der Waals surface area contributed by atoms with E-state index in [0.29, 0.717) is 5.56 Å². The number of halogens is 2. The zero-order valence-electron chi connectivity index (χ0n) is 9.79. The zero-order chi connectivity index (χ0) is 13.2. The molecule has 6 heteroatoms. The van der Waals surface area contributed by atoms with Crippen LogP contribution in [0.3, 0.4) is 0 Å². The van der Waals surface area contributed by atoms with E-state index in [-0.39, 0.29) is 16.2 Å². The molecule has 0 aromatic carbocycles. The quantitative estimate of drug-likeness (QED) is 0.833. The van der Waals surface area contributed by atoms with Gasteiger partial charge >= 0.3 is 0 Å². The Labute approximate surface area is 110 Å². The summed E-state index contributed by atoms with van der Waals surface area (Å²) < 4.78 is 0. The molecule has 0 aliphatic rings. The minimum atomic E-state index is -0.737. The highest BCUT2D eigenvalue weighted by Gasteiger charge is 2.26. The molecule has 0 saturated carbocycles. The molecule has 1 rings (SSSR count). The van der Waals surface area contributed by atoms with Crippen LogP contribution in [0.15, 0.2) is 12.1 Å².